The van der Waals surface area contributed by atoms with Crippen molar-refractivity contribution in [3.05, 3.63) is 32.6 Å². The molecule has 1 atom stereocenters. The van der Waals surface area contributed by atoms with Gasteiger partial charge in [-0.15, -0.1) is 0 Å². The van der Waals surface area contributed by atoms with E-state index < -0.39 is 11.2 Å². The van der Waals surface area contributed by atoms with Gasteiger partial charge in [0.25, 0.3) is 5.56 Å². The number of nitrogens with zero attached hydrogens (tertiary/aromatic N) is 4. The third-order valence-corrected chi connectivity index (χ3v) is 4.56. The first kappa shape index (κ1) is 15.5. The Hall–Kier alpha value is -2.36. The van der Waals surface area contributed by atoms with Crippen LogP contribution in [0.4, 0.5) is 0 Å². The van der Waals surface area contributed by atoms with Crippen molar-refractivity contribution in [1.29, 1.82) is 5.26 Å². The molecule has 1 saturated heterocycles. The molecule has 1 aromatic heterocycles. The Labute approximate surface area is 133 Å². The lowest BCUT2D eigenvalue weighted by Gasteiger charge is -2.31. The Kier molecular flexibility index (Phi) is 4.07. The summed E-state index contributed by atoms with van der Waals surface area (Å²) in [4.78, 5) is 38.9. The number of likely N-dealkylation sites (tertiary alicyclic amines) is 1. The molecule has 1 aliphatic carbocycles. The highest BCUT2D eigenvalue weighted by atomic mass is 16.2. The van der Waals surface area contributed by atoms with Crippen molar-refractivity contribution < 1.29 is 4.79 Å². The number of carbonyl (C=O) groups excluding carboxylic acids is 1. The molecule has 1 amide bonds. The van der Waals surface area contributed by atoms with Crippen LogP contribution in [0, 0.1) is 17.2 Å². The van der Waals surface area contributed by atoms with E-state index in [1.165, 1.54) is 10.8 Å². The number of nitriles is 1. The summed E-state index contributed by atoms with van der Waals surface area (Å²) in [7, 11) is 0. The highest BCUT2D eigenvalue weighted by Crippen LogP contribution is 2.33. The summed E-state index contributed by atoms with van der Waals surface area (Å²) in [6.07, 6.45) is 5.07. The van der Waals surface area contributed by atoms with Crippen molar-refractivity contribution in [2.75, 3.05) is 13.1 Å². The molecule has 0 bridgehead atoms. The van der Waals surface area contributed by atoms with Gasteiger partial charge < -0.3 is 4.90 Å². The third kappa shape index (κ3) is 3.07. The van der Waals surface area contributed by atoms with Gasteiger partial charge in [-0.25, -0.2) is 9.36 Å². The third-order valence-electron chi connectivity index (χ3n) is 4.56. The van der Waals surface area contributed by atoms with E-state index in [1.807, 2.05) is 6.07 Å². The summed E-state index contributed by atoms with van der Waals surface area (Å²) in [5, 5.41) is 9.10. The molecule has 0 spiro atoms. The molecule has 122 valence electrons. The molecule has 7 nitrogen and oxygen atoms in total. The van der Waals surface area contributed by atoms with Gasteiger partial charge in [0.15, 0.2) is 0 Å². The second kappa shape index (κ2) is 6.03. The van der Waals surface area contributed by atoms with E-state index in [2.05, 4.69) is 6.92 Å². The number of amides is 1. The van der Waals surface area contributed by atoms with Gasteiger partial charge in [-0.3, -0.25) is 14.2 Å². The van der Waals surface area contributed by atoms with Gasteiger partial charge in [0.2, 0.25) is 5.91 Å². The summed E-state index contributed by atoms with van der Waals surface area (Å²) < 4.78 is 2.34. The van der Waals surface area contributed by atoms with Gasteiger partial charge in [0.1, 0.15) is 18.2 Å². The molecule has 1 aromatic rings. The number of carbonyl (C=O) groups is 1. The highest BCUT2D eigenvalue weighted by Gasteiger charge is 2.28. The molecule has 2 aliphatic rings. The fourth-order valence-electron chi connectivity index (χ4n) is 3.10. The number of piperidine rings is 1. The number of aromatic nitrogens is 2. The fraction of sp³-hybridized carbons (Fsp3) is 0.625. The monoisotopic (exact) mass is 316 g/mol. The first-order valence-corrected chi connectivity index (χ1v) is 8.05. The van der Waals surface area contributed by atoms with Crippen LogP contribution in [-0.2, 0) is 11.3 Å². The molecule has 0 aromatic carbocycles. The van der Waals surface area contributed by atoms with E-state index in [1.54, 1.807) is 4.90 Å². The lowest BCUT2D eigenvalue weighted by molar-refractivity contribution is -0.133. The summed E-state index contributed by atoms with van der Waals surface area (Å²) in [6, 6.07) is 1.88. The van der Waals surface area contributed by atoms with Gasteiger partial charge in [-0.05, 0) is 31.6 Å². The maximum absolute atomic E-state index is 12.5. The molecular weight excluding hydrogens is 296 g/mol. The van der Waals surface area contributed by atoms with E-state index in [0.717, 1.165) is 30.3 Å². The largest absolute Gasteiger partial charge is 0.341 e. The maximum atomic E-state index is 12.5. The van der Waals surface area contributed by atoms with E-state index >= 15 is 0 Å². The second-order valence-electron chi connectivity index (χ2n) is 6.55. The van der Waals surface area contributed by atoms with Crippen molar-refractivity contribution in [2.45, 2.75) is 45.2 Å². The molecule has 1 saturated carbocycles. The van der Waals surface area contributed by atoms with Crippen LogP contribution < -0.4 is 11.2 Å². The zero-order valence-electron chi connectivity index (χ0n) is 13.2. The Morgan fingerprint density at radius 3 is 2.70 bits per heavy atom. The predicted molar refractivity (Wildman–Crippen MR) is 82.9 cm³/mol. The molecular formula is C16H20N4O3. The van der Waals surface area contributed by atoms with Crippen molar-refractivity contribution in [3.63, 3.8) is 0 Å². The minimum Gasteiger partial charge on any atom is -0.341 e. The topological polar surface area (TPSA) is 88.1 Å². The summed E-state index contributed by atoms with van der Waals surface area (Å²) in [5.74, 6) is 0.200. The van der Waals surface area contributed by atoms with Crippen LogP contribution in [0.1, 0.15) is 44.2 Å². The van der Waals surface area contributed by atoms with Crippen molar-refractivity contribution in [1.82, 2.24) is 14.0 Å². The van der Waals surface area contributed by atoms with E-state index in [-0.39, 0.29) is 24.1 Å². The van der Waals surface area contributed by atoms with Gasteiger partial charge in [-0.1, -0.05) is 6.92 Å². The van der Waals surface area contributed by atoms with E-state index in [0.29, 0.717) is 19.0 Å². The average Bonchev–Trinajstić information content (AvgIpc) is 3.36. The summed E-state index contributed by atoms with van der Waals surface area (Å²) >= 11 is 0. The highest BCUT2D eigenvalue weighted by molar-refractivity contribution is 5.76. The van der Waals surface area contributed by atoms with Crippen LogP contribution in [0.2, 0.25) is 0 Å². The Morgan fingerprint density at radius 1 is 1.35 bits per heavy atom. The van der Waals surface area contributed by atoms with E-state index in [4.69, 9.17) is 5.26 Å². The molecule has 3 rings (SSSR count). The first-order valence-electron chi connectivity index (χ1n) is 8.05. The van der Waals surface area contributed by atoms with Crippen molar-refractivity contribution >= 4 is 5.91 Å². The molecule has 7 heteroatoms. The number of rotatable bonds is 3. The lowest BCUT2D eigenvalue weighted by atomic mass is 10.0. The summed E-state index contributed by atoms with van der Waals surface area (Å²) in [6.45, 7) is 3.11. The van der Waals surface area contributed by atoms with Crippen LogP contribution in [0.3, 0.4) is 0 Å². The Bertz CT molecular complexity index is 782. The first-order chi connectivity index (χ1) is 11.0. The van der Waals surface area contributed by atoms with Crippen LogP contribution in [0.5, 0.6) is 0 Å². The molecule has 2 fully saturated rings. The zero-order valence-corrected chi connectivity index (χ0v) is 13.2. The molecule has 2 heterocycles. The smallest absolute Gasteiger partial charge is 0.331 e. The molecule has 0 N–H and O–H groups in total. The van der Waals surface area contributed by atoms with Crippen LogP contribution in [-0.4, -0.2) is 33.0 Å². The van der Waals surface area contributed by atoms with Gasteiger partial charge in [0, 0.05) is 25.3 Å². The van der Waals surface area contributed by atoms with Gasteiger partial charge in [-0.2, -0.15) is 5.26 Å². The molecule has 23 heavy (non-hydrogen) atoms. The SMILES string of the molecule is CC1CCCN(C(=O)Cn2c(=O)c(C#N)cn(C3CC3)c2=O)C1. The number of hydrogen-bond donors (Lipinski definition) is 0. The lowest BCUT2D eigenvalue weighted by Crippen LogP contribution is -2.47. The number of hydrogen-bond acceptors (Lipinski definition) is 4. The molecule has 1 unspecified atom stereocenters. The maximum Gasteiger partial charge on any atom is 0.331 e. The standard InChI is InChI=1S/C16H20N4O3/c1-11-3-2-6-18(8-11)14(21)10-20-15(22)12(7-17)9-19(16(20)23)13-4-5-13/h9,11,13H,2-6,8,10H2,1H3. The Morgan fingerprint density at radius 2 is 2.09 bits per heavy atom. The quantitative estimate of drug-likeness (QED) is 0.811. The zero-order chi connectivity index (χ0) is 16.6. The predicted octanol–water partition coefficient (Wildman–Crippen LogP) is 0.475. The van der Waals surface area contributed by atoms with Crippen LogP contribution in [0.25, 0.3) is 0 Å². The van der Waals surface area contributed by atoms with Crippen molar-refractivity contribution in [3.8, 4) is 6.07 Å². The van der Waals surface area contributed by atoms with Crippen LogP contribution in [0.15, 0.2) is 15.8 Å². The van der Waals surface area contributed by atoms with Crippen molar-refractivity contribution in [2.24, 2.45) is 5.92 Å². The summed E-state index contributed by atoms with van der Waals surface area (Å²) in [5.41, 5.74) is -1.25. The minimum absolute atomic E-state index is 0.0477. The van der Waals surface area contributed by atoms with Gasteiger partial charge in [0.05, 0.1) is 0 Å². The second-order valence-corrected chi connectivity index (χ2v) is 6.55. The normalized spacial score (nSPS) is 21.0. The van der Waals surface area contributed by atoms with E-state index in [9.17, 15) is 14.4 Å². The van der Waals surface area contributed by atoms with Gasteiger partial charge >= 0.3 is 5.69 Å². The van der Waals surface area contributed by atoms with Crippen LogP contribution >= 0.6 is 0 Å². The minimum atomic E-state index is -0.673. The molecule has 1 aliphatic heterocycles. The fourth-order valence-corrected chi connectivity index (χ4v) is 3.10. The molecule has 0 radical (unpaired) electrons. The average molecular weight is 316 g/mol. The Balaban J connectivity index is 1.91.